The molecule has 1 fully saturated rings. The number of nitrogens with one attached hydrogen (secondary N) is 1. The van der Waals surface area contributed by atoms with Gasteiger partial charge >= 0.3 is 0 Å². The van der Waals surface area contributed by atoms with Crippen LogP contribution in [0.1, 0.15) is 30.9 Å². The molecule has 3 rings (SSSR count). The molecule has 4 heteroatoms. The van der Waals surface area contributed by atoms with Gasteiger partial charge in [-0.25, -0.2) is 0 Å². The number of hydrogen-bond acceptors (Lipinski definition) is 3. The highest BCUT2D eigenvalue weighted by molar-refractivity contribution is 9.10. The molecule has 0 aliphatic carbocycles. The Hall–Kier alpha value is -0.740. The second-order valence-corrected chi connectivity index (χ2v) is 5.71. The van der Waals surface area contributed by atoms with Gasteiger partial charge in [-0.15, -0.1) is 0 Å². The van der Waals surface area contributed by atoms with Gasteiger partial charge in [0.2, 0.25) is 6.79 Å². The van der Waals surface area contributed by atoms with Gasteiger partial charge in [0.25, 0.3) is 0 Å². The summed E-state index contributed by atoms with van der Waals surface area (Å²) in [4.78, 5) is 0. The molecule has 2 heterocycles. The average molecular weight is 312 g/mol. The molecule has 0 spiro atoms. The lowest BCUT2D eigenvalue weighted by molar-refractivity contribution is 0.173. The molecule has 0 bridgehead atoms. The van der Waals surface area contributed by atoms with Crippen LogP contribution in [0.25, 0.3) is 0 Å². The van der Waals surface area contributed by atoms with Gasteiger partial charge in [-0.2, -0.15) is 0 Å². The lowest BCUT2D eigenvalue weighted by Crippen LogP contribution is -2.24. The predicted octanol–water partition coefficient (Wildman–Crippen LogP) is 3.03. The molecular weight excluding hydrogens is 294 g/mol. The zero-order valence-electron chi connectivity index (χ0n) is 10.6. The van der Waals surface area contributed by atoms with Gasteiger partial charge in [0, 0.05) is 6.04 Å². The highest BCUT2D eigenvalue weighted by atomic mass is 79.9. The summed E-state index contributed by atoms with van der Waals surface area (Å²) in [6, 6.07) is 2.77. The molecule has 1 aromatic rings. The van der Waals surface area contributed by atoms with Crippen molar-refractivity contribution in [3.63, 3.8) is 0 Å². The van der Waals surface area contributed by atoms with E-state index in [9.17, 15) is 0 Å². The van der Waals surface area contributed by atoms with E-state index in [-0.39, 0.29) is 0 Å². The molecule has 1 N–H and O–H groups in total. The van der Waals surface area contributed by atoms with Crippen LogP contribution in [0.15, 0.2) is 10.5 Å². The number of rotatable bonds is 3. The number of hydrogen-bond donors (Lipinski definition) is 1. The molecule has 1 saturated heterocycles. The first-order valence-corrected chi connectivity index (χ1v) is 7.42. The fraction of sp³-hybridized carbons (Fsp3) is 0.571. The first-order valence-electron chi connectivity index (χ1n) is 6.62. The molecule has 98 valence electrons. The zero-order valence-corrected chi connectivity index (χ0v) is 12.2. The van der Waals surface area contributed by atoms with Gasteiger partial charge in [0.15, 0.2) is 11.5 Å². The molecule has 0 aromatic heterocycles. The van der Waals surface area contributed by atoms with Crippen LogP contribution < -0.4 is 14.8 Å². The molecule has 1 atom stereocenters. The fourth-order valence-corrected chi connectivity index (χ4v) is 3.70. The second kappa shape index (κ2) is 5.10. The minimum absolute atomic E-state index is 0.336. The summed E-state index contributed by atoms with van der Waals surface area (Å²) < 4.78 is 12.1. The highest BCUT2D eigenvalue weighted by Crippen LogP contribution is 2.43. The molecule has 2 aliphatic rings. The quantitative estimate of drug-likeness (QED) is 0.930. The lowest BCUT2D eigenvalue weighted by Gasteiger charge is -2.16. The van der Waals surface area contributed by atoms with Crippen LogP contribution in [-0.2, 0) is 12.8 Å². The van der Waals surface area contributed by atoms with Gasteiger partial charge in [0.1, 0.15) is 0 Å². The summed E-state index contributed by atoms with van der Waals surface area (Å²) in [5.74, 6) is 1.75. The minimum atomic E-state index is 0.336. The van der Waals surface area contributed by atoms with E-state index in [0.29, 0.717) is 12.8 Å². The van der Waals surface area contributed by atoms with Gasteiger partial charge in [-0.3, -0.25) is 0 Å². The SMILES string of the molecule is CCc1c(CC2CCCN2)cc2c(c1Br)OCO2. The number of benzene rings is 1. The highest BCUT2D eigenvalue weighted by Gasteiger charge is 2.24. The van der Waals surface area contributed by atoms with Gasteiger partial charge < -0.3 is 14.8 Å². The van der Waals surface area contributed by atoms with E-state index >= 15 is 0 Å². The Bertz CT molecular complexity index is 456. The zero-order chi connectivity index (χ0) is 12.5. The Balaban J connectivity index is 1.94. The Labute approximate surface area is 116 Å². The molecule has 1 unspecified atom stereocenters. The van der Waals surface area contributed by atoms with Crippen LogP contribution in [-0.4, -0.2) is 19.4 Å². The summed E-state index contributed by atoms with van der Waals surface area (Å²) in [5.41, 5.74) is 2.74. The average Bonchev–Trinajstić information content (AvgIpc) is 3.00. The van der Waals surface area contributed by atoms with E-state index in [1.165, 1.54) is 24.0 Å². The predicted molar refractivity (Wildman–Crippen MR) is 74.4 cm³/mol. The van der Waals surface area contributed by atoms with Crippen molar-refractivity contribution in [1.82, 2.24) is 5.32 Å². The third-order valence-corrected chi connectivity index (χ3v) is 4.62. The van der Waals surface area contributed by atoms with Crippen molar-refractivity contribution in [2.75, 3.05) is 13.3 Å². The molecule has 2 aliphatic heterocycles. The van der Waals surface area contributed by atoms with E-state index in [0.717, 1.165) is 35.4 Å². The molecule has 0 saturated carbocycles. The Morgan fingerprint density at radius 2 is 2.33 bits per heavy atom. The summed E-state index contributed by atoms with van der Waals surface area (Å²) >= 11 is 3.67. The third kappa shape index (κ3) is 2.12. The summed E-state index contributed by atoms with van der Waals surface area (Å²) in [6.45, 7) is 3.67. The third-order valence-electron chi connectivity index (χ3n) is 3.78. The van der Waals surface area contributed by atoms with Gasteiger partial charge in [-0.1, -0.05) is 6.92 Å². The lowest BCUT2D eigenvalue weighted by atomic mass is 9.97. The normalized spacial score (nSPS) is 21.6. The van der Waals surface area contributed by atoms with Crippen molar-refractivity contribution >= 4 is 15.9 Å². The first-order chi connectivity index (χ1) is 8.79. The van der Waals surface area contributed by atoms with Crippen LogP contribution in [0.2, 0.25) is 0 Å². The molecular formula is C14H18BrNO2. The van der Waals surface area contributed by atoms with Crippen LogP contribution in [0.5, 0.6) is 11.5 Å². The van der Waals surface area contributed by atoms with E-state index in [1.807, 2.05) is 0 Å². The monoisotopic (exact) mass is 311 g/mol. The maximum Gasteiger partial charge on any atom is 0.231 e. The van der Waals surface area contributed by atoms with E-state index in [4.69, 9.17) is 9.47 Å². The minimum Gasteiger partial charge on any atom is -0.454 e. The van der Waals surface area contributed by atoms with Crippen molar-refractivity contribution in [2.45, 2.75) is 38.6 Å². The molecule has 18 heavy (non-hydrogen) atoms. The number of ether oxygens (including phenoxy) is 2. The first kappa shape index (κ1) is 12.3. The largest absolute Gasteiger partial charge is 0.454 e. The van der Waals surface area contributed by atoms with Gasteiger partial charge in [-0.05, 0) is 65.4 Å². The summed E-state index contributed by atoms with van der Waals surface area (Å²) in [6.07, 6.45) is 4.66. The Morgan fingerprint density at radius 1 is 1.44 bits per heavy atom. The van der Waals surface area contributed by atoms with Crippen molar-refractivity contribution in [3.8, 4) is 11.5 Å². The van der Waals surface area contributed by atoms with Crippen molar-refractivity contribution in [3.05, 3.63) is 21.7 Å². The maximum absolute atomic E-state index is 5.51. The van der Waals surface area contributed by atoms with Crippen molar-refractivity contribution in [1.29, 1.82) is 0 Å². The fourth-order valence-electron chi connectivity index (χ4n) is 2.85. The van der Waals surface area contributed by atoms with E-state index in [2.05, 4.69) is 34.2 Å². The van der Waals surface area contributed by atoms with Crippen LogP contribution >= 0.6 is 15.9 Å². The topological polar surface area (TPSA) is 30.5 Å². The van der Waals surface area contributed by atoms with Crippen LogP contribution in [0.4, 0.5) is 0 Å². The Morgan fingerprint density at radius 3 is 3.06 bits per heavy atom. The van der Waals surface area contributed by atoms with Crippen molar-refractivity contribution in [2.24, 2.45) is 0 Å². The smallest absolute Gasteiger partial charge is 0.231 e. The molecule has 3 nitrogen and oxygen atoms in total. The van der Waals surface area contributed by atoms with E-state index < -0.39 is 0 Å². The Kier molecular flexibility index (Phi) is 3.48. The van der Waals surface area contributed by atoms with Gasteiger partial charge in [0.05, 0.1) is 4.47 Å². The second-order valence-electron chi connectivity index (χ2n) is 4.91. The molecule has 0 amide bonds. The van der Waals surface area contributed by atoms with Crippen LogP contribution in [0, 0.1) is 0 Å². The maximum atomic E-state index is 5.51. The molecule has 0 radical (unpaired) electrons. The standard InChI is InChI=1S/C14H18BrNO2/c1-2-11-9(6-10-4-3-5-16-10)7-12-14(13(11)15)18-8-17-12/h7,10,16H,2-6,8H2,1H3. The number of halogens is 1. The summed E-state index contributed by atoms with van der Waals surface area (Å²) in [5, 5.41) is 3.56. The van der Waals surface area contributed by atoms with Crippen LogP contribution in [0.3, 0.4) is 0 Å². The number of fused-ring (bicyclic) bond motifs is 1. The van der Waals surface area contributed by atoms with E-state index in [1.54, 1.807) is 0 Å². The molecule has 1 aromatic carbocycles. The summed E-state index contributed by atoms with van der Waals surface area (Å²) in [7, 11) is 0. The van der Waals surface area contributed by atoms with Crippen molar-refractivity contribution < 1.29 is 9.47 Å².